The van der Waals surface area contributed by atoms with Crippen LogP contribution in [0.5, 0.6) is 0 Å². The average molecular weight is 394 g/mol. The predicted octanol–water partition coefficient (Wildman–Crippen LogP) is 1.75. The summed E-state index contributed by atoms with van der Waals surface area (Å²) >= 11 is 0. The Labute approximate surface area is 160 Å². The number of aromatic nitrogens is 2. The lowest BCUT2D eigenvalue weighted by atomic mass is 10.1. The van der Waals surface area contributed by atoms with Crippen LogP contribution in [-0.4, -0.2) is 71.3 Å². The van der Waals surface area contributed by atoms with Crippen molar-refractivity contribution in [3.05, 3.63) is 35.7 Å². The van der Waals surface area contributed by atoms with E-state index in [0.717, 1.165) is 5.56 Å². The van der Waals surface area contributed by atoms with Gasteiger partial charge in [0.15, 0.2) is 0 Å². The molecule has 9 heteroatoms. The summed E-state index contributed by atoms with van der Waals surface area (Å²) in [5.74, 6) is 1.12. The SMILES string of the molecule is CCN(CC)S(=O)(=O)N1CCN(Cc2nc(-c3ccc(C)cc3)no2)CC1. The standard InChI is InChI=1S/C18H27N5O3S/c1-4-22(5-2)27(24,25)23-12-10-21(11-13-23)14-17-19-18(20-26-17)16-8-6-15(3)7-9-16/h6-9H,4-5,10-14H2,1-3H3. The molecular weight excluding hydrogens is 366 g/mol. The molecule has 1 saturated heterocycles. The summed E-state index contributed by atoms with van der Waals surface area (Å²) < 4.78 is 33.6. The van der Waals surface area contributed by atoms with Gasteiger partial charge in [-0.05, 0) is 6.92 Å². The van der Waals surface area contributed by atoms with Crippen LogP contribution >= 0.6 is 0 Å². The van der Waals surface area contributed by atoms with Crippen molar-refractivity contribution >= 4 is 10.2 Å². The Kier molecular flexibility index (Phi) is 6.25. The zero-order chi connectivity index (χ0) is 19.4. The van der Waals surface area contributed by atoms with Gasteiger partial charge in [-0.1, -0.05) is 48.8 Å². The molecule has 1 fully saturated rings. The van der Waals surface area contributed by atoms with E-state index in [2.05, 4.69) is 15.0 Å². The number of nitrogens with zero attached hydrogens (tertiary/aromatic N) is 5. The fourth-order valence-electron chi connectivity index (χ4n) is 3.16. The molecule has 148 valence electrons. The maximum Gasteiger partial charge on any atom is 0.282 e. The van der Waals surface area contributed by atoms with Crippen molar-refractivity contribution in [3.63, 3.8) is 0 Å². The average Bonchev–Trinajstić information content (AvgIpc) is 3.12. The summed E-state index contributed by atoms with van der Waals surface area (Å²) in [4.78, 5) is 6.61. The van der Waals surface area contributed by atoms with E-state index < -0.39 is 10.2 Å². The van der Waals surface area contributed by atoms with Crippen LogP contribution in [0.1, 0.15) is 25.3 Å². The quantitative estimate of drug-likeness (QED) is 0.713. The van der Waals surface area contributed by atoms with E-state index in [1.807, 2.05) is 45.0 Å². The van der Waals surface area contributed by atoms with Gasteiger partial charge in [0.1, 0.15) is 0 Å². The Bertz CT molecular complexity index is 838. The largest absolute Gasteiger partial charge is 0.338 e. The van der Waals surface area contributed by atoms with Crippen molar-refractivity contribution in [3.8, 4) is 11.4 Å². The molecule has 3 rings (SSSR count). The van der Waals surface area contributed by atoms with Crippen LogP contribution in [0.25, 0.3) is 11.4 Å². The molecule has 1 aromatic carbocycles. The Morgan fingerprint density at radius 2 is 1.70 bits per heavy atom. The van der Waals surface area contributed by atoms with E-state index in [-0.39, 0.29) is 0 Å². The van der Waals surface area contributed by atoms with Gasteiger partial charge in [-0.15, -0.1) is 0 Å². The van der Waals surface area contributed by atoms with Gasteiger partial charge in [-0.2, -0.15) is 22.0 Å². The molecule has 1 aliphatic heterocycles. The Morgan fingerprint density at radius 3 is 2.30 bits per heavy atom. The first kappa shape index (κ1) is 19.9. The topological polar surface area (TPSA) is 82.8 Å². The normalized spacial score (nSPS) is 16.9. The summed E-state index contributed by atoms with van der Waals surface area (Å²) in [7, 11) is -3.37. The molecule has 8 nitrogen and oxygen atoms in total. The van der Waals surface area contributed by atoms with Crippen LogP contribution < -0.4 is 0 Å². The minimum Gasteiger partial charge on any atom is -0.338 e. The van der Waals surface area contributed by atoms with Gasteiger partial charge >= 0.3 is 0 Å². The lowest BCUT2D eigenvalue weighted by Crippen LogP contribution is -2.52. The molecule has 0 unspecified atom stereocenters. The monoisotopic (exact) mass is 393 g/mol. The molecule has 0 amide bonds. The third kappa shape index (κ3) is 4.55. The first-order valence-electron chi connectivity index (χ1n) is 9.31. The second-order valence-electron chi connectivity index (χ2n) is 6.65. The van der Waals surface area contributed by atoms with Gasteiger partial charge in [0.2, 0.25) is 11.7 Å². The van der Waals surface area contributed by atoms with Gasteiger partial charge in [-0.3, -0.25) is 4.90 Å². The Balaban J connectivity index is 1.58. The van der Waals surface area contributed by atoms with Crippen molar-refractivity contribution in [2.75, 3.05) is 39.3 Å². The molecule has 0 bridgehead atoms. The van der Waals surface area contributed by atoms with E-state index in [4.69, 9.17) is 4.52 Å². The van der Waals surface area contributed by atoms with Crippen LogP contribution in [-0.2, 0) is 16.8 Å². The molecule has 2 heterocycles. The number of hydrogen-bond donors (Lipinski definition) is 0. The highest BCUT2D eigenvalue weighted by atomic mass is 32.2. The lowest BCUT2D eigenvalue weighted by molar-refractivity contribution is 0.158. The number of rotatable bonds is 7. The van der Waals surface area contributed by atoms with Crippen molar-refractivity contribution in [1.82, 2.24) is 23.7 Å². The predicted molar refractivity (Wildman–Crippen MR) is 103 cm³/mol. The molecule has 1 aromatic heterocycles. The van der Waals surface area contributed by atoms with E-state index in [9.17, 15) is 8.42 Å². The molecule has 0 radical (unpaired) electrons. The van der Waals surface area contributed by atoms with Crippen molar-refractivity contribution < 1.29 is 12.9 Å². The summed E-state index contributed by atoms with van der Waals surface area (Å²) in [5.41, 5.74) is 2.10. The molecule has 2 aromatic rings. The van der Waals surface area contributed by atoms with Gasteiger partial charge in [0.05, 0.1) is 6.54 Å². The summed E-state index contributed by atoms with van der Waals surface area (Å²) in [6.45, 7) is 9.48. The summed E-state index contributed by atoms with van der Waals surface area (Å²) in [6, 6.07) is 7.98. The highest BCUT2D eigenvalue weighted by Crippen LogP contribution is 2.18. The van der Waals surface area contributed by atoms with Crippen LogP contribution in [0.15, 0.2) is 28.8 Å². The number of aryl methyl sites for hydroxylation is 1. The highest BCUT2D eigenvalue weighted by Gasteiger charge is 2.31. The van der Waals surface area contributed by atoms with Crippen molar-refractivity contribution in [2.45, 2.75) is 27.3 Å². The first-order chi connectivity index (χ1) is 12.9. The second kappa shape index (κ2) is 8.47. The molecule has 27 heavy (non-hydrogen) atoms. The molecular formula is C18H27N5O3S. The highest BCUT2D eigenvalue weighted by molar-refractivity contribution is 7.86. The van der Waals surface area contributed by atoms with E-state index >= 15 is 0 Å². The minimum atomic E-state index is -3.37. The van der Waals surface area contributed by atoms with Crippen molar-refractivity contribution in [2.24, 2.45) is 0 Å². The van der Waals surface area contributed by atoms with Crippen LogP contribution in [0.3, 0.4) is 0 Å². The number of benzene rings is 1. The van der Waals surface area contributed by atoms with Crippen LogP contribution in [0.4, 0.5) is 0 Å². The maximum atomic E-state index is 12.6. The molecule has 0 spiro atoms. The van der Waals surface area contributed by atoms with E-state index in [1.54, 1.807) is 4.31 Å². The van der Waals surface area contributed by atoms with Gasteiger partial charge in [-0.25, -0.2) is 0 Å². The molecule has 0 N–H and O–H groups in total. The molecule has 0 atom stereocenters. The second-order valence-corrected chi connectivity index (χ2v) is 8.57. The Morgan fingerprint density at radius 1 is 1.07 bits per heavy atom. The smallest absolute Gasteiger partial charge is 0.282 e. The Hall–Kier alpha value is -1.81. The fraction of sp³-hybridized carbons (Fsp3) is 0.556. The number of hydrogen-bond acceptors (Lipinski definition) is 6. The fourth-order valence-corrected chi connectivity index (χ4v) is 4.77. The zero-order valence-corrected chi connectivity index (χ0v) is 16.9. The zero-order valence-electron chi connectivity index (χ0n) is 16.1. The summed E-state index contributed by atoms with van der Waals surface area (Å²) in [6.07, 6.45) is 0. The van der Waals surface area contributed by atoms with E-state index in [1.165, 1.54) is 9.87 Å². The van der Waals surface area contributed by atoms with Crippen LogP contribution in [0, 0.1) is 6.92 Å². The van der Waals surface area contributed by atoms with Crippen LogP contribution in [0.2, 0.25) is 0 Å². The third-order valence-electron chi connectivity index (χ3n) is 4.83. The van der Waals surface area contributed by atoms with Gasteiger partial charge in [0.25, 0.3) is 10.2 Å². The lowest BCUT2D eigenvalue weighted by Gasteiger charge is -2.35. The van der Waals surface area contributed by atoms with E-state index in [0.29, 0.717) is 57.5 Å². The number of piperazine rings is 1. The van der Waals surface area contributed by atoms with Crippen molar-refractivity contribution in [1.29, 1.82) is 0 Å². The molecule has 0 aliphatic carbocycles. The first-order valence-corrected chi connectivity index (χ1v) is 10.7. The third-order valence-corrected chi connectivity index (χ3v) is 7.01. The maximum absolute atomic E-state index is 12.6. The van der Waals surface area contributed by atoms with Gasteiger partial charge in [0, 0.05) is 44.8 Å². The molecule has 1 aliphatic rings. The van der Waals surface area contributed by atoms with Gasteiger partial charge < -0.3 is 4.52 Å². The molecule has 0 saturated carbocycles. The summed E-state index contributed by atoms with van der Waals surface area (Å²) in [5, 5.41) is 4.06. The minimum absolute atomic E-state index is 0.470.